The van der Waals surface area contributed by atoms with Gasteiger partial charge in [0.1, 0.15) is 11.9 Å². The van der Waals surface area contributed by atoms with Crippen molar-refractivity contribution in [2.24, 2.45) is 0 Å². The number of fused-ring (bicyclic) bond motifs is 2. The van der Waals surface area contributed by atoms with Crippen LogP contribution in [0.3, 0.4) is 0 Å². The van der Waals surface area contributed by atoms with E-state index in [4.69, 9.17) is 9.47 Å². The summed E-state index contributed by atoms with van der Waals surface area (Å²) in [5, 5.41) is 0. The summed E-state index contributed by atoms with van der Waals surface area (Å²) in [6.07, 6.45) is 7.22. The van der Waals surface area contributed by atoms with E-state index >= 15 is 0 Å². The molecule has 5 rings (SSSR count). The summed E-state index contributed by atoms with van der Waals surface area (Å²) in [5.74, 6) is 1.83. The molecule has 0 N–H and O–H groups in total. The maximum atomic E-state index is 13.3. The van der Waals surface area contributed by atoms with Gasteiger partial charge in [0, 0.05) is 55.0 Å². The van der Waals surface area contributed by atoms with E-state index < -0.39 is 0 Å². The molecule has 6 nitrogen and oxygen atoms in total. The first kappa shape index (κ1) is 18.6. The van der Waals surface area contributed by atoms with Crippen LogP contribution in [0.5, 0.6) is 17.5 Å². The van der Waals surface area contributed by atoms with Crippen molar-refractivity contribution in [3.63, 3.8) is 0 Å². The highest BCUT2D eigenvalue weighted by Crippen LogP contribution is 2.38. The number of piperidine rings is 1. The van der Waals surface area contributed by atoms with E-state index in [0.29, 0.717) is 23.1 Å². The molecule has 2 fully saturated rings. The minimum absolute atomic E-state index is 0.0604. The Balaban J connectivity index is 1.28. The molecule has 2 unspecified atom stereocenters. The number of hydrogen-bond acceptors (Lipinski definition) is 5. The highest BCUT2D eigenvalue weighted by atomic mass is 16.5. The lowest BCUT2D eigenvalue weighted by molar-refractivity contribution is 0.0347. The number of amides is 1. The van der Waals surface area contributed by atoms with Crippen LogP contribution in [0.25, 0.3) is 0 Å². The monoisotopic (exact) mass is 401 g/mol. The Kier molecular flexibility index (Phi) is 5.05. The van der Waals surface area contributed by atoms with Gasteiger partial charge in [-0.05, 0) is 43.2 Å². The van der Waals surface area contributed by atoms with E-state index in [1.165, 1.54) is 0 Å². The number of benzene rings is 1. The fourth-order valence-corrected chi connectivity index (χ4v) is 4.51. The lowest BCUT2D eigenvalue weighted by atomic mass is 9.98. The summed E-state index contributed by atoms with van der Waals surface area (Å²) in [6, 6.07) is 18.9. The summed E-state index contributed by atoms with van der Waals surface area (Å²) in [4.78, 5) is 23.8. The van der Waals surface area contributed by atoms with Crippen molar-refractivity contribution in [3.8, 4) is 17.5 Å². The van der Waals surface area contributed by atoms with Gasteiger partial charge in [0.25, 0.3) is 5.91 Å². The van der Waals surface area contributed by atoms with Crippen molar-refractivity contribution >= 4 is 5.91 Å². The second-order valence-corrected chi connectivity index (χ2v) is 7.77. The van der Waals surface area contributed by atoms with Crippen LogP contribution in [-0.2, 0) is 0 Å². The lowest BCUT2D eigenvalue weighted by Crippen LogP contribution is -2.49. The molecular formula is C24H23N3O3. The molecule has 1 amide bonds. The number of nitrogens with zero attached hydrogens (tertiary/aromatic N) is 3. The average molecular weight is 401 g/mol. The molecule has 2 atom stereocenters. The van der Waals surface area contributed by atoms with E-state index in [9.17, 15) is 4.79 Å². The summed E-state index contributed by atoms with van der Waals surface area (Å²) >= 11 is 0. The van der Waals surface area contributed by atoms with Gasteiger partial charge in [-0.1, -0.05) is 18.2 Å². The number of rotatable bonds is 5. The lowest BCUT2D eigenvalue weighted by Gasteiger charge is -2.38. The number of ether oxygens (including phenoxy) is 2. The Morgan fingerprint density at radius 1 is 0.867 bits per heavy atom. The third-order valence-corrected chi connectivity index (χ3v) is 5.79. The molecule has 152 valence electrons. The fraction of sp³-hybridized carbons (Fsp3) is 0.292. The van der Waals surface area contributed by atoms with Gasteiger partial charge in [-0.15, -0.1) is 0 Å². The van der Waals surface area contributed by atoms with Crippen LogP contribution < -0.4 is 9.47 Å². The second-order valence-electron chi connectivity index (χ2n) is 7.77. The number of pyridine rings is 2. The normalized spacial score (nSPS) is 22.5. The van der Waals surface area contributed by atoms with Crippen LogP contribution >= 0.6 is 0 Å². The molecule has 2 aromatic heterocycles. The van der Waals surface area contributed by atoms with Crippen LogP contribution in [-0.4, -0.2) is 39.0 Å². The summed E-state index contributed by atoms with van der Waals surface area (Å²) in [5.41, 5.74) is 0.643. The zero-order chi connectivity index (χ0) is 20.3. The quantitative estimate of drug-likeness (QED) is 0.631. The predicted molar refractivity (Wildman–Crippen MR) is 112 cm³/mol. The van der Waals surface area contributed by atoms with Crippen LogP contribution in [0, 0.1) is 0 Å². The van der Waals surface area contributed by atoms with E-state index in [1.807, 2.05) is 48.5 Å². The van der Waals surface area contributed by atoms with Gasteiger partial charge in [-0.3, -0.25) is 4.79 Å². The van der Waals surface area contributed by atoms with E-state index in [1.54, 1.807) is 24.5 Å². The highest BCUT2D eigenvalue weighted by Gasteiger charge is 2.44. The molecule has 0 spiro atoms. The molecule has 6 heteroatoms. The van der Waals surface area contributed by atoms with E-state index in [0.717, 1.165) is 25.7 Å². The molecule has 0 aliphatic carbocycles. The molecule has 0 saturated carbocycles. The molecule has 2 bridgehead atoms. The van der Waals surface area contributed by atoms with Crippen LogP contribution in [0.1, 0.15) is 36.0 Å². The van der Waals surface area contributed by atoms with Crippen LogP contribution in [0.15, 0.2) is 73.1 Å². The first-order chi connectivity index (χ1) is 14.8. The SMILES string of the molecule is O=C(c1cccc(Oc2ccccn2)c1)N1C2CCC1CC(Oc1ccccn1)C2. The summed E-state index contributed by atoms with van der Waals surface area (Å²) < 4.78 is 11.9. The molecule has 4 heterocycles. The number of carbonyl (C=O) groups is 1. The third-order valence-electron chi connectivity index (χ3n) is 5.79. The smallest absolute Gasteiger partial charge is 0.254 e. The number of aromatic nitrogens is 2. The van der Waals surface area contributed by atoms with Gasteiger partial charge >= 0.3 is 0 Å². The van der Waals surface area contributed by atoms with Gasteiger partial charge in [0.15, 0.2) is 0 Å². The first-order valence-corrected chi connectivity index (χ1v) is 10.4. The molecule has 1 aromatic carbocycles. The van der Waals surface area contributed by atoms with Crippen LogP contribution in [0.2, 0.25) is 0 Å². The molecule has 2 aliphatic heterocycles. The van der Waals surface area contributed by atoms with Crippen LogP contribution in [0.4, 0.5) is 0 Å². The van der Waals surface area contributed by atoms with Gasteiger partial charge < -0.3 is 14.4 Å². The zero-order valence-corrected chi connectivity index (χ0v) is 16.6. The van der Waals surface area contributed by atoms with Crippen molar-refractivity contribution in [2.75, 3.05) is 0 Å². The van der Waals surface area contributed by atoms with Gasteiger partial charge in [-0.2, -0.15) is 0 Å². The minimum atomic E-state index is 0.0604. The molecular weight excluding hydrogens is 378 g/mol. The van der Waals surface area contributed by atoms with E-state index in [2.05, 4.69) is 14.9 Å². The van der Waals surface area contributed by atoms with Crippen molar-refractivity contribution in [3.05, 3.63) is 78.6 Å². The Morgan fingerprint density at radius 2 is 1.57 bits per heavy atom. The maximum Gasteiger partial charge on any atom is 0.254 e. The van der Waals surface area contributed by atoms with Gasteiger partial charge in [0.05, 0.1) is 0 Å². The molecule has 3 aromatic rings. The molecule has 0 radical (unpaired) electrons. The zero-order valence-electron chi connectivity index (χ0n) is 16.6. The topological polar surface area (TPSA) is 64.5 Å². The molecule has 2 saturated heterocycles. The number of carbonyl (C=O) groups excluding carboxylic acids is 1. The van der Waals surface area contributed by atoms with Crippen molar-refractivity contribution < 1.29 is 14.3 Å². The Labute approximate surface area is 175 Å². The van der Waals surface area contributed by atoms with Crippen molar-refractivity contribution in [2.45, 2.75) is 43.9 Å². The second kappa shape index (κ2) is 8.14. The van der Waals surface area contributed by atoms with Crippen molar-refractivity contribution in [1.29, 1.82) is 0 Å². The van der Waals surface area contributed by atoms with Gasteiger partial charge in [0.2, 0.25) is 11.8 Å². The van der Waals surface area contributed by atoms with Crippen molar-refractivity contribution in [1.82, 2.24) is 14.9 Å². The average Bonchev–Trinajstić information content (AvgIpc) is 3.05. The third kappa shape index (κ3) is 3.85. The highest BCUT2D eigenvalue weighted by molar-refractivity contribution is 5.95. The summed E-state index contributed by atoms with van der Waals surface area (Å²) in [6.45, 7) is 0. The number of hydrogen-bond donors (Lipinski definition) is 0. The fourth-order valence-electron chi connectivity index (χ4n) is 4.51. The van der Waals surface area contributed by atoms with Gasteiger partial charge in [-0.25, -0.2) is 9.97 Å². The Bertz CT molecular complexity index is 998. The Hall–Kier alpha value is -3.41. The maximum absolute atomic E-state index is 13.3. The Morgan fingerprint density at radius 3 is 2.23 bits per heavy atom. The minimum Gasteiger partial charge on any atom is -0.474 e. The largest absolute Gasteiger partial charge is 0.474 e. The molecule has 2 aliphatic rings. The molecule has 30 heavy (non-hydrogen) atoms. The standard InChI is InChI=1S/C24H23N3O3/c28-24(17-6-5-7-20(14-17)29-22-8-1-3-12-25-22)27-18-10-11-19(27)16-21(15-18)30-23-9-2-4-13-26-23/h1-9,12-14,18-19,21H,10-11,15-16H2. The first-order valence-electron chi connectivity index (χ1n) is 10.4. The summed E-state index contributed by atoms with van der Waals surface area (Å²) in [7, 11) is 0. The van der Waals surface area contributed by atoms with E-state index in [-0.39, 0.29) is 24.1 Å². The predicted octanol–water partition coefficient (Wildman–Crippen LogP) is 4.48.